The summed E-state index contributed by atoms with van der Waals surface area (Å²) >= 11 is 5.95. The van der Waals surface area contributed by atoms with Crippen LogP contribution in [0.4, 0.5) is 5.69 Å². The Labute approximate surface area is 148 Å². The van der Waals surface area contributed by atoms with E-state index in [-0.39, 0.29) is 0 Å². The molecule has 0 saturated carbocycles. The number of piperazine rings is 1. The van der Waals surface area contributed by atoms with E-state index in [1.54, 1.807) is 0 Å². The molecular formula is C19H22ClN3O. The number of hydrazone groups is 1. The van der Waals surface area contributed by atoms with Crippen molar-refractivity contribution in [1.29, 1.82) is 0 Å². The van der Waals surface area contributed by atoms with E-state index in [0.29, 0.717) is 6.61 Å². The molecule has 1 saturated heterocycles. The summed E-state index contributed by atoms with van der Waals surface area (Å²) in [6.07, 6.45) is 1.89. The molecule has 0 N–H and O–H groups in total. The number of halogens is 1. The fourth-order valence-electron chi connectivity index (χ4n) is 2.74. The molecule has 0 aliphatic carbocycles. The lowest BCUT2D eigenvalue weighted by atomic mass is 10.2. The van der Waals surface area contributed by atoms with Gasteiger partial charge in [-0.25, -0.2) is 0 Å². The molecule has 0 spiro atoms. The van der Waals surface area contributed by atoms with Crippen LogP contribution >= 0.6 is 11.6 Å². The minimum Gasteiger partial charge on any atom is -0.493 e. The van der Waals surface area contributed by atoms with Crippen molar-refractivity contribution in [2.45, 2.75) is 6.92 Å². The van der Waals surface area contributed by atoms with Crippen LogP contribution in [0.1, 0.15) is 12.5 Å². The van der Waals surface area contributed by atoms with Crippen molar-refractivity contribution in [2.24, 2.45) is 5.10 Å². The SMILES string of the molecule is CCOc1ccccc1C=NN1CCN(c2ccc(Cl)cc2)CC1. The van der Waals surface area contributed by atoms with E-state index >= 15 is 0 Å². The number of ether oxygens (including phenoxy) is 1. The summed E-state index contributed by atoms with van der Waals surface area (Å²) < 4.78 is 5.63. The highest BCUT2D eigenvalue weighted by Crippen LogP contribution is 2.20. The molecule has 0 radical (unpaired) electrons. The van der Waals surface area contributed by atoms with E-state index < -0.39 is 0 Å². The smallest absolute Gasteiger partial charge is 0.128 e. The zero-order valence-corrected chi connectivity index (χ0v) is 14.6. The summed E-state index contributed by atoms with van der Waals surface area (Å²) in [6, 6.07) is 16.0. The van der Waals surface area contributed by atoms with Gasteiger partial charge < -0.3 is 9.64 Å². The Morgan fingerprint density at radius 3 is 2.46 bits per heavy atom. The van der Waals surface area contributed by atoms with Crippen LogP contribution in [0.15, 0.2) is 53.6 Å². The summed E-state index contributed by atoms with van der Waals surface area (Å²) in [5.41, 5.74) is 2.23. The average molecular weight is 344 g/mol. The highest BCUT2D eigenvalue weighted by atomic mass is 35.5. The first kappa shape index (κ1) is 16.7. The number of anilines is 1. The summed E-state index contributed by atoms with van der Waals surface area (Å²) in [6.45, 7) is 6.35. The zero-order chi connectivity index (χ0) is 16.8. The fourth-order valence-corrected chi connectivity index (χ4v) is 2.87. The normalized spacial score (nSPS) is 15.1. The van der Waals surface area contributed by atoms with Crippen LogP contribution in [0.2, 0.25) is 5.02 Å². The Morgan fingerprint density at radius 1 is 1.04 bits per heavy atom. The second-order valence-corrected chi connectivity index (χ2v) is 6.07. The van der Waals surface area contributed by atoms with Gasteiger partial charge in [0.15, 0.2) is 0 Å². The molecule has 2 aromatic carbocycles. The van der Waals surface area contributed by atoms with Gasteiger partial charge in [0, 0.05) is 29.4 Å². The van der Waals surface area contributed by atoms with E-state index in [4.69, 9.17) is 16.3 Å². The number of hydrogen-bond donors (Lipinski definition) is 0. The molecule has 1 fully saturated rings. The Bertz CT molecular complexity index is 679. The van der Waals surface area contributed by atoms with Crippen molar-refractivity contribution in [3.63, 3.8) is 0 Å². The third kappa shape index (κ3) is 4.20. The predicted octanol–water partition coefficient (Wildman–Crippen LogP) is 3.89. The van der Waals surface area contributed by atoms with Crippen LogP contribution in [-0.2, 0) is 0 Å². The van der Waals surface area contributed by atoms with Gasteiger partial charge in [-0.2, -0.15) is 5.10 Å². The molecule has 24 heavy (non-hydrogen) atoms. The third-order valence-electron chi connectivity index (χ3n) is 4.03. The molecule has 4 nitrogen and oxygen atoms in total. The van der Waals surface area contributed by atoms with Gasteiger partial charge in [-0.05, 0) is 43.3 Å². The Morgan fingerprint density at radius 2 is 1.75 bits per heavy atom. The first-order valence-corrected chi connectivity index (χ1v) is 8.65. The Hall–Kier alpha value is -2.20. The molecule has 5 heteroatoms. The largest absolute Gasteiger partial charge is 0.493 e. The van der Waals surface area contributed by atoms with Crippen LogP contribution in [-0.4, -0.2) is 44.0 Å². The zero-order valence-electron chi connectivity index (χ0n) is 13.9. The fraction of sp³-hybridized carbons (Fsp3) is 0.316. The molecule has 0 amide bonds. The quantitative estimate of drug-likeness (QED) is 0.771. The molecule has 1 heterocycles. The standard InChI is InChI=1S/C19H22ClN3O/c1-2-24-19-6-4-3-5-16(19)15-21-23-13-11-22(12-14-23)18-9-7-17(20)8-10-18/h3-10,15H,2,11-14H2,1H3. The topological polar surface area (TPSA) is 28.1 Å². The first-order valence-electron chi connectivity index (χ1n) is 8.27. The van der Waals surface area contributed by atoms with Gasteiger partial charge in [-0.1, -0.05) is 23.7 Å². The van der Waals surface area contributed by atoms with Gasteiger partial charge >= 0.3 is 0 Å². The average Bonchev–Trinajstić information content (AvgIpc) is 2.62. The van der Waals surface area contributed by atoms with Crippen molar-refractivity contribution in [2.75, 3.05) is 37.7 Å². The minimum atomic E-state index is 0.657. The van der Waals surface area contributed by atoms with Crippen molar-refractivity contribution < 1.29 is 4.74 Å². The maximum absolute atomic E-state index is 5.95. The van der Waals surface area contributed by atoms with E-state index in [1.165, 1.54) is 5.69 Å². The molecule has 0 bridgehead atoms. The highest BCUT2D eigenvalue weighted by Gasteiger charge is 2.15. The summed E-state index contributed by atoms with van der Waals surface area (Å²) in [5, 5.41) is 7.50. The lowest BCUT2D eigenvalue weighted by Gasteiger charge is -2.34. The summed E-state index contributed by atoms with van der Waals surface area (Å²) in [4.78, 5) is 2.36. The Kier molecular flexibility index (Phi) is 5.59. The molecule has 3 rings (SSSR count). The molecule has 0 atom stereocenters. The monoisotopic (exact) mass is 343 g/mol. The predicted molar refractivity (Wildman–Crippen MR) is 100 cm³/mol. The van der Waals surface area contributed by atoms with Crippen LogP contribution in [0, 0.1) is 0 Å². The summed E-state index contributed by atoms with van der Waals surface area (Å²) in [5.74, 6) is 0.878. The maximum atomic E-state index is 5.95. The van der Waals surface area contributed by atoms with Crippen molar-refractivity contribution in [3.8, 4) is 5.75 Å². The van der Waals surface area contributed by atoms with Gasteiger partial charge in [-0.15, -0.1) is 0 Å². The van der Waals surface area contributed by atoms with Gasteiger partial charge in [0.2, 0.25) is 0 Å². The first-order chi connectivity index (χ1) is 11.8. The lowest BCUT2D eigenvalue weighted by Crippen LogP contribution is -2.44. The van der Waals surface area contributed by atoms with Gasteiger partial charge in [0.25, 0.3) is 0 Å². The van der Waals surface area contributed by atoms with Crippen molar-refractivity contribution in [3.05, 3.63) is 59.1 Å². The van der Waals surface area contributed by atoms with E-state index in [2.05, 4.69) is 27.1 Å². The van der Waals surface area contributed by atoms with E-state index in [0.717, 1.165) is 42.5 Å². The number of nitrogens with zero attached hydrogens (tertiary/aromatic N) is 3. The molecular weight excluding hydrogens is 322 g/mol. The number of rotatable bonds is 5. The molecule has 1 aliphatic heterocycles. The van der Waals surface area contributed by atoms with Crippen molar-refractivity contribution >= 4 is 23.5 Å². The van der Waals surface area contributed by atoms with E-state index in [9.17, 15) is 0 Å². The van der Waals surface area contributed by atoms with Gasteiger partial charge in [-0.3, -0.25) is 5.01 Å². The van der Waals surface area contributed by atoms with Crippen molar-refractivity contribution in [1.82, 2.24) is 5.01 Å². The van der Waals surface area contributed by atoms with Gasteiger partial charge in [0.1, 0.15) is 5.75 Å². The second kappa shape index (κ2) is 8.06. The second-order valence-electron chi connectivity index (χ2n) is 5.63. The molecule has 126 valence electrons. The summed E-state index contributed by atoms with van der Waals surface area (Å²) in [7, 11) is 0. The van der Waals surface area contributed by atoms with Crippen LogP contribution < -0.4 is 9.64 Å². The number of benzene rings is 2. The molecule has 2 aromatic rings. The third-order valence-corrected chi connectivity index (χ3v) is 4.28. The molecule has 0 aromatic heterocycles. The van der Waals surface area contributed by atoms with Crippen LogP contribution in [0.25, 0.3) is 0 Å². The molecule has 1 aliphatic rings. The Balaban J connectivity index is 1.58. The maximum Gasteiger partial charge on any atom is 0.128 e. The highest BCUT2D eigenvalue weighted by molar-refractivity contribution is 6.30. The minimum absolute atomic E-state index is 0.657. The molecule has 0 unspecified atom stereocenters. The lowest BCUT2D eigenvalue weighted by molar-refractivity contribution is 0.272. The number of hydrogen-bond acceptors (Lipinski definition) is 4. The number of para-hydroxylation sites is 1. The van der Waals surface area contributed by atoms with Gasteiger partial charge in [0.05, 0.1) is 25.9 Å². The van der Waals surface area contributed by atoms with Crippen LogP contribution in [0.5, 0.6) is 5.75 Å². The van der Waals surface area contributed by atoms with E-state index in [1.807, 2.05) is 49.5 Å². The van der Waals surface area contributed by atoms with Crippen LogP contribution in [0.3, 0.4) is 0 Å².